The maximum Gasteiger partial charge on any atom is 0.149 e. The molecule has 0 unspecified atom stereocenters. The van der Waals surface area contributed by atoms with Crippen LogP contribution in [0.4, 0.5) is 17.5 Å². The highest BCUT2D eigenvalue weighted by atomic mass is 15.3. The lowest BCUT2D eigenvalue weighted by molar-refractivity contribution is 0.405. The minimum absolute atomic E-state index is 0.416. The first-order valence-electron chi connectivity index (χ1n) is 10.7. The molecule has 0 saturated carbocycles. The summed E-state index contributed by atoms with van der Waals surface area (Å²) in [5.41, 5.74) is 8.52. The van der Waals surface area contributed by atoms with Crippen LogP contribution >= 0.6 is 0 Å². The van der Waals surface area contributed by atoms with Crippen LogP contribution in [0.3, 0.4) is 0 Å². The van der Waals surface area contributed by atoms with E-state index in [1.54, 1.807) is 6.20 Å². The highest BCUT2D eigenvalue weighted by Crippen LogP contribution is 2.32. The molecule has 5 rings (SSSR count). The Hall–Kier alpha value is -3.79. The minimum atomic E-state index is 0.416. The van der Waals surface area contributed by atoms with Gasteiger partial charge >= 0.3 is 0 Å². The van der Waals surface area contributed by atoms with Gasteiger partial charge in [0.25, 0.3) is 0 Å². The number of nitrogens with zero attached hydrogens (tertiary/aromatic N) is 6. The van der Waals surface area contributed by atoms with Crippen LogP contribution in [-0.4, -0.2) is 55.1 Å². The largest absolute Gasteiger partial charge is 0.384 e. The molecule has 0 radical (unpaired) electrons. The molecule has 1 saturated heterocycles. The van der Waals surface area contributed by atoms with Gasteiger partial charge in [0.2, 0.25) is 0 Å². The molecule has 5 N–H and O–H groups in total. The zero-order valence-electron chi connectivity index (χ0n) is 18.1. The molecule has 0 bridgehead atoms. The normalized spacial score (nSPS) is 18.8. The summed E-state index contributed by atoms with van der Waals surface area (Å²) in [7, 11) is 0. The number of piperazine rings is 1. The molecule has 32 heavy (non-hydrogen) atoms. The Bertz CT molecular complexity index is 1230. The molecule has 0 aliphatic carbocycles. The number of H-pyrrole nitrogens is 1. The van der Waals surface area contributed by atoms with Gasteiger partial charge in [-0.05, 0) is 37.6 Å². The first kappa shape index (κ1) is 20.1. The highest BCUT2D eigenvalue weighted by Gasteiger charge is 2.22. The van der Waals surface area contributed by atoms with Crippen LogP contribution in [0.5, 0.6) is 0 Å². The first-order valence-corrected chi connectivity index (χ1v) is 10.7. The number of anilines is 3. The van der Waals surface area contributed by atoms with E-state index in [-0.39, 0.29) is 0 Å². The van der Waals surface area contributed by atoms with E-state index in [9.17, 15) is 0 Å². The monoisotopic (exact) mass is 430 g/mol. The van der Waals surface area contributed by atoms with Gasteiger partial charge in [0.15, 0.2) is 0 Å². The topological polar surface area (TPSA) is 134 Å². The van der Waals surface area contributed by atoms with E-state index in [1.165, 1.54) is 6.33 Å². The Kier molecular flexibility index (Phi) is 5.28. The van der Waals surface area contributed by atoms with Crippen LogP contribution in [0.25, 0.3) is 22.2 Å². The van der Waals surface area contributed by atoms with E-state index in [0.717, 1.165) is 41.1 Å². The van der Waals surface area contributed by atoms with Crippen LogP contribution in [0.2, 0.25) is 0 Å². The lowest BCUT2D eigenvalue weighted by Gasteiger charge is -2.36. The fourth-order valence-electron chi connectivity index (χ4n) is 4.27. The van der Waals surface area contributed by atoms with Gasteiger partial charge in [0.05, 0.1) is 11.9 Å². The summed E-state index contributed by atoms with van der Waals surface area (Å²) in [6.45, 7) is 6.67. The number of aromatic amines is 1. The molecule has 1 aliphatic heterocycles. The van der Waals surface area contributed by atoms with Crippen molar-refractivity contribution >= 4 is 28.5 Å². The van der Waals surface area contributed by atoms with E-state index in [1.807, 2.05) is 30.6 Å². The summed E-state index contributed by atoms with van der Waals surface area (Å²) in [4.78, 5) is 27.7. The SMILES string of the molecule is C[C@@H]1CN(c2ccnc(CNc3ncnc4[nH]cc(-c5ccnc(N)c5)c34)n2)C[C@H](C)N1. The summed E-state index contributed by atoms with van der Waals surface area (Å²) < 4.78 is 0. The second kappa shape index (κ2) is 8.39. The van der Waals surface area contributed by atoms with Crippen molar-refractivity contribution in [3.05, 3.63) is 48.9 Å². The lowest BCUT2D eigenvalue weighted by atomic mass is 10.1. The third-order valence-corrected chi connectivity index (χ3v) is 5.55. The predicted molar refractivity (Wildman–Crippen MR) is 125 cm³/mol. The number of nitrogens with two attached hydrogens (primary N) is 1. The van der Waals surface area contributed by atoms with Gasteiger partial charge < -0.3 is 26.3 Å². The molecular weight excluding hydrogens is 404 g/mol. The summed E-state index contributed by atoms with van der Waals surface area (Å²) in [6.07, 6.45) is 6.95. The maximum atomic E-state index is 5.88. The summed E-state index contributed by atoms with van der Waals surface area (Å²) in [6, 6.07) is 6.55. The van der Waals surface area contributed by atoms with Crippen LogP contribution in [-0.2, 0) is 6.54 Å². The van der Waals surface area contributed by atoms with Crippen molar-refractivity contribution in [3.8, 4) is 11.1 Å². The minimum Gasteiger partial charge on any atom is -0.384 e. The lowest BCUT2D eigenvalue weighted by Crippen LogP contribution is -2.54. The van der Waals surface area contributed by atoms with Crippen LogP contribution in [0.1, 0.15) is 19.7 Å². The van der Waals surface area contributed by atoms with Gasteiger partial charge in [-0.3, -0.25) is 0 Å². The van der Waals surface area contributed by atoms with Gasteiger partial charge in [-0.25, -0.2) is 24.9 Å². The average Bonchev–Trinajstić information content (AvgIpc) is 3.22. The van der Waals surface area contributed by atoms with Crippen LogP contribution < -0.4 is 21.3 Å². The molecule has 10 nitrogen and oxygen atoms in total. The molecule has 0 spiro atoms. The molecule has 2 atom stereocenters. The Morgan fingerprint density at radius 3 is 2.72 bits per heavy atom. The third-order valence-electron chi connectivity index (χ3n) is 5.55. The molecular formula is C22H26N10. The van der Waals surface area contributed by atoms with Gasteiger partial charge in [-0.2, -0.15) is 0 Å². The van der Waals surface area contributed by atoms with Crippen LogP contribution in [0.15, 0.2) is 43.1 Å². The van der Waals surface area contributed by atoms with Crippen molar-refractivity contribution in [2.45, 2.75) is 32.5 Å². The maximum absolute atomic E-state index is 5.88. The fraction of sp³-hybridized carbons (Fsp3) is 0.318. The van der Waals surface area contributed by atoms with Gasteiger partial charge in [0.1, 0.15) is 35.3 Å². The van der Waals surface area contributed by atoms with Gasteiger partial charge in [0, 0.05) is 49.3 Å². The van der Waals surface area contributed by atoms with Crippen molar-refractivity contribution in [1.29, 1.82) is 0 Å². The molecule has 5 heterocycles. The predicted octanol–water partition coefficient (Wildman–Crippen LogP) is 2.19. The average molecular weight is 431 g/mol. The molecule has 4 aromatic heterocycles. The first-order chi connectivity index (χ1) is 15.6. The van der Waals surface area contributed by atoms with Crippen molar-refractivity contribution < 1.29 is 0 Å². The quantitative estimate of drug-likeness (QED) is 0.376. The summed E-state index contributed by atoms with van der Waals surface area (Å²) in [5.74, 6) is 2.82. The van der Waals surface area contributed by atoms with E-state index >= 15 is 0 Å². The van der Waals surface area contributed by atoms with E-state index in [4.69, 9.17) is 10.7 Å². The Balaban J connectivity index is 1.40. The summed E-state index contributed by atoms with van der Waals surface area (Å²) in [5, 5.41) is 7.83. The molecule has 0 aromatic carbocycles. The fourth-order valence-corrected chi connectivity index (χ4v) is 4.27. The number of hydrogen-bond donors (Lipinski definition) is 4. The molecule has 164 valence electrons. The number of fused-ring (bicyclic) bond motifs is 1. The molecule has 4 aromatic rings. The number of nitrogen functional groups attached to an aromatic ring is 1. The number of hydrogen-bond acceptors (Lipinski definition) is 9. The highest BCUT2D eigenvalue weighted by molar-refractivity contribution is 6.01. The van der Waals surface area contributed by atoms with Crippen molar-refractivity contribution in [2.75, 3.05) is 29.0 Å². The third kappa shape index (κ3) is 4.04. The Morgan fingerprint density at radius 1 is 1.09 bits per heavy atom. The van der Waals surface area contributed by atoms with Crippen molar-refractivity contribution in [3.63, 3.8) is 0 Å². The van der Waals surface area contributed by atoms with Crippen LogP contribution in [0, 0.1) is 0 Å². The van der Waals surface area contributed by atoms with E-state index < -0.39 is 0 Å². The second-order valence-corrected chi connectivity index (χ2v) is 8.18. The number of aromatic nitrogens is 6. The van der Waals surface area contributed by atoms with E-state index in [0.29, 0.717) is 36.1 Å². The molecule has 1 aliphatic rings. The van der Waals surface area contributed by atoms with Gasteiger partial charge in [-0.1, -0.05) is 0 Å². The Labute approximate surface area is 185 Å². The molecule has 1 fully saturated rings. The number of nitrogens with one attached hydrogen (secondary N) is 3. The Morgan fingerprint density at radius 2 is 1.91 bits per heavy atom. The smallest absolute Gasteiger partial charge is 0.149 e. The molecule has 10 heteroatoms. The zero-order valence-corrected chi connectivity index (χ0v) is 18.1. The summed E-state index contributed by atoms with van der Waals surface area (Å²) >= 11 is 0. The standard InChI is InChI=1S/C22H26N10/c1-13-10-32(11-14(2)30-13)19-4-6-25-18(31-19)9-27-22-20-16(8-26-21(20)28-12-29-22)15-3-5-24-17(23)7-15/h3-8,12-14,30H,9-11H2,1-2H3,(H2,23,24)(H2,26,27,28,29)/t13-,14+. The number of pyridine rings is 1. The van der Waals surface area contributed by atoms with Crippen molar-refractivity contribution in [1.82, 2.24) is 35.2 Å². The second-order valence-electron chi connectivity index (χ2n) is 8.18. The number of rotatable bonds is 5. The zero-order chi connectivity index (χ0) is 22.1. The van der Waals surface area contributed by atoms with Crippen molar-refractivity contribution in [2.24, 2.45) is 0 Å². The van der Waals surface area contributed by atoms with Gasteiger partial charge in [-0.15, -0.1) is 0 Å². The van der Waals surface area contributed by atoms with E-state index in [2.05, 4.69) is 54.3 Å². The molecule has 0 amide bonds.